The van der Waals surface area contributed by atoms with Gasteiger partial charge in [-0.05, 0) is 23.6 Å². The van der Waals surface area contributed by atoms with E-state index in [0.29, 0.717) is 24.4 Å². The number of rotatable bonds is 4. The van der Waals surface area contributed by atoms with Crippen molar-refractivity contribution >= 4 is 11.8 Å². The molecule has 5 nitrogen and oxygen atoms in total. The average molecular weight is 261 g/mol. The molecule has 0 spiro atoms. The van der Waals surface area contributed by atoms with Crippen LogP contribution in [0.4, 0.5) is 0 Å². The number of hydrogen-bond donors (Lipinski definition) is 2. The summed E-state index contributed by atoms with van der Waals surface area (Å²) in [5.74, 6) is 5.46. The van der Waals surface area contributed by atoms with E-state index in [2.05, 4.69) is 12.3 Å². The maximum Gasteiger partial charge on any atom is 0.265 e. The Labute approximate surface area is 112 Å². The van der Waals surface area contributed by atoms with E-state index in [0.717, 1.165) is 18.5 Å². The van der Waals surface area contributed by atoms with E-state index in [1.54, 1.807) is 12.1 Å². The fraction of sp³-hybridized carbons (Fsp3) is 0.429. The van der Waals surface area contributed by atoms with Gasteiger partial charge in [-0.25, -0.2) is 5.84 Å². The van der Waals surface area contributed by atoms with Gasteiger partial charge in [0.25, 0.3) is 5.91 Å². The van der Waals surface area contributed by atoms with E-state index in [1.165, 1.54) is 0 Å². The van der Waals surface area contributed by atoms with Gasteiger partial charge in [-0.1, -0.05) is 25.5 Å². The Morgan fingerprint density at radius 3 is 2.63 bits per heavy atom. The fourth-order valence-corrected chi connectivity index (χ4v) is 2.35. The number of nitrogen functional groups attached to an aromatic ring is 1. The number of likely N-dealkylation sites (tertiary alicyclic amines) is 1. The summed E-state index contributed by atoms with van der Waals surface area (Å²) in [6.07, 6.45) is 1.70. The lowest BCUT2D eigenvalue weighted by atomic mass is 10.1. The highest BCUT2D eigenvalue weighted by Gasteiger charge is 2.27. The Morgan fingerprint density at radius 1 is 1.42 bits per heavy atom. The van der Waals surface area contributed by atoms with Crippen LogP contribution in [0.3, 0.4) is 0 Å². The van der Waals surface area contributed by atoms with Gasteiger partial charge < -0.3 is 4.90 Å². The van der Waals surface area contributed by atoms with Gasteiger partial charge in [0.2, 0.25) is 5.91 Å². The summed E-state index contributed by atoms with van der Waals surface area (Å²) in [4.78, 5) is 25.0. The topological polar surface area (TPSA) is 75.4 Å². The first-order chi connectivity index (χ1) is 9.13. The summed E-state index contributed by atoms with van der Waals surface area (Å²) in [5, 5.41) is 0. The first-order valence-electron chi connectivity index (χ1n) is 6.51. The highest BCUT2D eigenvalue weighted by Crippen LogP contribution is 2.22. The number of hydrazine groups is 1. The average Bonchev–Trinajstić information content (AvgIpc) is 2.79. The Kier molecular flexibility index (Phi) is 4.16. The van der Waals surface area contributed by atoms with Crippen LogP contribution >= 0.6 is 0 Å². The van der Waals surface area contributed by atoms with Crippen LogP contribution in [-0.4, -0.2) is 23.3 Å². The minimum Gasteiger partial charge on any atom is -0.338 e. The smallest absolute Gasteiger partial charge is 0.265 e. The quantitative estimate of drug-likeness (QED) is 0.483. The lowest BCUT2D eigenvalue weighted by Gasteiger charge is -2.16. The molecular weight excluding hydrogens is 242 g/mol. The van der Waals surface area contributed by atoms with Crippen molar-refractivity contribution < 1.29 is 9.59 Å². The molecule has 5 heteroatoms. The molecule has 1 fully saturated rings. The largest absolute Gasteiger partial charge is 0.338 e. The molecule has 0 radical (unpaired) electrons. The van der Waals surface area contributed by atoms with Crippen molar-refractivity contribution in [2.24, 2.45) is 11.8 Å². The second-order valence-corrected chi connectivity index (χ2v) is 4.92. The third-order valence-corrected chi connectivity index (χ3v) is 3.59. The molecule has 2 amide bonds. The van der Waals surface area contributed by atoms with Crippen LogP contribution < -0.4 is 11.3 Å². The first kappa shape index (κ1) is 13.5. The van der Waals surface area contributed by atoms with Crippen LogP contribution in [0.1, 0.15) is 35.7 Å². The molecule has 102 valence electrons. The molecule has 0 aliphatic carbocycles. The second-order valence-electron chi connectivity index (χ2n) is 4.92. The van der Waals surface area contributed by atoms with Crippen LogP contribution in [0.15, 0.2) is 24.3 Å². The molecule has 1 atom stereocenters. The van der Waals surface area contributed by atoms with E-state index in [-0.39, 0.29) is 11.8 Å². The Balaban J connectivity index is 2.00. The van der Waals surface area contributed by atoms with Gasteiger partial charge >= 0.3 is 0 Å². The third-order valence-electron chi connectivity index (χ3n) is 3.59. The van der Waals surface area contributed by atoms with Crippen LogP contribution in [-0.2, 0) is 11.3 Å². The first-order valence-corrected chi connectivity index (χ1v) is 6.51. The molecule has 1 aliphatic rings. The normalized spacial score (nSPS) is 18.7. The monoisotopic (exact) mass is 261 g/mol. The van der Waals surface area contributed by atoms with E-state index in [9.17, 15) is 9.59 Å². The number of carbonyl (C=O) groups excluding carboxylic acids is 2. The molecule has 1 heterocycles. The number of nitrogens with zero attached hydrogens (tertiary/aromatic N) is 1. The summed E-state index contributed by atoms with van der Waals surface area (Å²) in [5.41, 5.74) is 3.64. The number of amides is 2. The molecule has 0 saturated carbocycles. The van der Waals surface area contributed by atoms with Crippen LogP contribution in [0.5, 0.6) is 0 Å². The lowest BCUT2D eigenvalue weighted by Crippen LogP contribution is -2.30. The second kappa shape index (κ2) is 5.84. The summed E-state index contributed by atoms with van der Waals surface area (Å²) in [6, 6.07) is 7.15. The molecule has 1 aromatic carbocycles. The minimum absolute atomic E-state index is 0.218. The number of nitrogens with one attached hydrogen (secondary N) is 1. The molecular formula is C14H19N3O2. The van der Waals surface area contributed by atoms with Crippen molar-refractivity contribution in [3.63, 3.8) is 0 Å². The third kappa shape index (κ3) is 3.12. The zero-order valence-corrected chi connectivity index (χ0v) is 11.1. The van der Waals surface area contributed by atoms with Crippen molar-refractivity contribution in [1.82, 2.24) is 10.3 Å². The predicted molar refractivity (Wildman–Crippen MR) is 71.9 cm³/mol. The fourth-order valence-electron chi connectivity index (χ4n) is 2.35. The number of benzene rings is 1. The summed E-state index contributed by atoms with van der Waals surface area (Å²) < 4.78 is 0. The zero-order valence-electron chi connectivity index (χ0n) is 11.1. The Bertz CT molecular complexity index is 470. The maximum atomic E-state index is 11.8. The highest BCUT2D eigenvalue weighted by atomic mass is 16.2. The molecule has 1 aromatic rings. The SMILES string of the molecule is CCC1CC(=O)N(Cc2ccc(C(=O)NN)cc2)C1. The molecule has 3 N–H and O–H groups in total. The van der Waals surface area contributed by atoms with Crippen LogP contribution in [0.25, 0.3) is 0 Å². The van der Waals surface area contributed by atoms with E-state index in [1.807, 2.05) is 17.0 Å². The van der Waals surface area contributed by atoms with Crippen molar-refractivity contribution in [2.75, 3.05) is 6.54 Å². The standard InChI is InChI=1S/C14H19N3O2/c1-2-10-7-13(18)17(8-10)9-11-3-5-12(6-4-11)14(19)16-15/h3-6,10H,2,7-9,15H2,1H3,(H,16,19). The van der Waals surface area contributed by atoms with Crippen LogP contribution in [0.2, 0.25) is 0 Å². The molecule has 1 aliphatic heterocycles. The number of carbonyl (C=O) groups is 2. The molecule has 1 unspecified atom stereocenters. The van der Waals surface area contributed by atoms with Gasteiger partial charge in [0.1, 0.15) is 0 Å². The van der Waals surface area contributed by atoms with Crippen molar-refractivity contribution in [1.29, 1.82) is 0 Å². The highest BCUT2D eigenvalue weighted by molar-refractivity contribution is 5.93. The minimum atomic E-state index is -0.310. The van der Waals surface area contributed by atoms with Crippen molar-refractivity contribution in [2.45, 2.75) is 26.3 Å². The maximum absolute atomic E-state index is 11.8. The lowest BCUT2D eigenvalue weighted by molar-refractivity contribution is -0.128. The Hall–Kier alpha value is -1.88. The van der Waals surface area contributed by atoms with Gasteiger partial charge in [-0.2, -0.15) is 0 Å². The summed E-state index contributed by atoms with van der Waals surface area (Å²) in [6.45, 7) is 3.56. The molecule has 2 rings (SSSR count). The molecule has 0 bridgehead atoms. The van der Waals surface area contributed by atoms with Gasteiger partial charge in [0.05, 0.1) is 0 Å². The Morgan fingerprint density at radius 2 is 2.11 bits per heavy atom. The van der Waals surface area contributed by atoms with Gasteiger partial charge in [0.15, 0.2) is 0 Å². The van der Waals surface area contributed by atoms with E-state index >= 15 is 0 Å². The predicted octanol–water partition coefficient (Wildman–Crippen LogP) is 1.05. The van der Waals surface area contributed by atoms with Gasteiger partial charge in [0, 0.05) is 25.1 Å². The molecule has 0 aromatic heterocycles. The van der Waals surface area contributed by atoms with Crippen molar-refractivity contribution in [3.05, 3.63) is 35.4 Å². The van der Waals surface area contributed by atoms with Gasteiger partial charge in [-0.3, -0.25) is 15.0 Å². The molecule has 1 saturated heterocycles. The molecule has 19 heavy (non-hydrogen) atoms. The van der Waals surface area contributed by atoms with Gasteiger partial charge in [-0.15, -0.1) is 0 Å². The summed E-state index contributed by atoms with van der Waals surface area (Å²) in [7, 11) is 0. The summed E-state index contributed by atoms with van der Waals surface area (Å²) >= 11 is 0. The van der Waals surface area contributed by atoms with Crippen molar-refractivity contribution in [3.8, 4) is 0 Å². The number of nitrogens with two attached hydrogens (primary N) is 1. The van der Waals surface area contributed by atoms with E-state index < -0.39 is 0 Å². The van der Waals surface area contributed by atoms with E-state index in [4.69, 9.17) is 5.84 Å². The van der Waals surface area contributed by atoms with Crippen LogP contribution in [0, 0.1) is 5.92 Å². The zero-order chi connectivity index (χ0) is 13.8. The number of hydrogen-bond acceptors (Lipinski definition) is 3.